The van der Waals surface area contributed by atoms with Crippen LogP contribution in [0.3, 0.4) is 0 Å². The average molecular weight is 419 g/mol. The number of aryl methyl sites for hydroxylation is 6. The van der Waals surface area contributed by atoms with Crippen LogP contribution in [0.2, 0.25) is 0 Å². The van der Waals surface area contributed by atoms with Gasteiger partial charge in [0.05, 0.1) is 0 Å². The molecular weight excluding hydrogens is 384 g/mol. The van der Waals surface area contributed by atoms with Gasteiger partial charge in [0.15, 0.2) is 0 Å². The maximum Gasteiger partial charge on any atom is 0.133 e. The second-order valence-corrected chi connectivity index (χ2v) is 9.69. The molecule has 0 radical (unpaired) electrons. The summed E-state index contributed by atoms with van der Waals surface area (Å²) in [5.74, 6) is 3.55. The molecule has 0 saturated heterocycles. The Bertz CT molecular complexity index is 1060. The molecule has 0 spiro atoms. The predicted molar refractivity (Wildman–Crippen MR) is 128 cm³/mol. The Labute approximate surface area is 186 Å². The lowest BCUT2D eigenvalue weighted by Gasteiger charge is -2.22. The van der Waals surface area contributed by atoms with Gasteiger partial charge in [-0.05, 0) is 110 Å². The Hall–Kier alpha value is -2.94. The lowest BCUT2D eigenvalue weighted by molar-refractivity contribution is 0.450. The van der Waals surface area contributed by atoms with E-state index in [0.717, 1.165) is 56.4 Å². The summed E-state index contributed by atoms with van der Waals surface area (Å²) in [5, 5.41) is 10.0. The molecule has 3 aromatic carbocycles. The van der Waals surface area contributed by atoms with Crippen LogP contribution in [0, 0.1) is 41.5 Å². The van der Waals surface area contributed by atoms with E-state index in [0.29, 0.717) is 5.75 Å². The minimum absolute atomic E-state index is 0.102. The van der Waals surface area contributed by atoms with Crippen molar-refractivity contribution in [2.75, 3.05) is 0 Å². The number of benzene rings is 3. The second-order valence-electron chi connectivity index (χ2n) is 9.69. The van der Waals surface area contributed by atoms with Crippen molar-refractivity contribution >= 4 is 0 Å². The molecule has 3 nitrogen and oxygen atoms in total. The third-order valence-electron chi connectivity index (χ3n) is 5.66. The Morgan fingerprint density at radius 1 is 0.548 bits per heavy atom. The quantitative estimate of drug-likeness (QED) is 0.465. The summed E-state index contributed by atoms with van der Waals surface area (Å²) in [4.78, 5) is 0. The highest BCUT2D eigenvalue weighted by molar-refractivity contribution is 5.53. The molecule has 0 heterocycles. The fourth-order valence-corrected chi connectivity index (χ4v) is 3.89. The molecule has 3 heteroatoms. The minimum Gasteiger partial charge on any atom is -0.507 e. The number of phenols is 1. The van der Waals surface area contributed by atoms with Crippen LogP contribution in [0.15, 0.2) is 36.4 Å². The zero-order valence-electron chi connectivity index (χ0n) is 20.2. The molecule has 1 N–H and O–H groups in total. The third kappa shape index (κ3) is 4.87. The Balaban J connectivity index is 1.91. The number of phenolic OH excluding ortho intramolecular Hbond substituents is 1. The lowest BCUT2D eigenvalue weighted by Crippen LogP contribution is -2.12. The first kappa shape index (κ1) is 22.7. The highest BCUT2D eigenvalue weighted by Crippen LogP contribution is 2.38. The van der Waals surface area contributed by atoms with Crippen LogP contribution in [0.1, 0.15) is 59.7 Å². The maximum absolute atomic E-state index is 10.0. The number of hydrogen-bond donors (Lipinski definition) is 1. The number of aromatic hydroxyl groups is 1. The van der Waals surface area contributed by atoms with Crippen molar-refractivity contribution in [2.24, 2.45) is 0 Å². The summed E-state index contributed by atoms with van der Waals surface area (Å²) in [6.45, 7) is 18.7. The van der Waals surface area contributed by atoms with Crippen LogP contribution in [0.5, 0.6) is 28.7 Å². The van der Waals surface area contributed by atoms with Crippen LogP contribution in [-0.2, 0) is 5.41 Å². The average Bonchev–Trinajstić information content (AvgIpc) is 2.64. The maximum atomic E-state index is 10.0. The Morgan fingerprint density at radius 2 is 0.871 bits per heavy atom. The summed E-state index contributed by atoms with van der Waals surface area (Å²) in [7, 11) is 0. The zero-order valence-corrected chi connectivity index (χ0v) is 20.2. The van der Waals surface area contributed by atoms with Gasteiger partial charge in [0, 0.05) is 0 Å². The van der Waals surface area contributed by atoms with Crippen molar-refractivity contribution in [2.45, 2.75) is 67.7 Å². The fourth-order valence-electron chi connectivity index (χ4n) is 3.89. The van der Waals surface area contributed by atoms with E-state index in [9.17, 15) is 5.11 Å². The monoisotopic (exact) mass is 418 g/mol. The van der Waals surface area contributed by atoms with Gasteiger partial charge in [0.2, 0.25) is 0 Å². The molecule has 0 aromatic heterocycles. The van der Waals surface area contributed by atoms with E-state index < -0.39 is 0 Å². The molecule has 0 aliphatic carbocycles. The van der Waals surface area contributed by atoms with Crippen molar-refractivity contribution in [1.29, 1.82) is 0 Å². The first-order valence-electron chi connectivity index (χ1n) is 10.8. The molecule has 164 valence electrons. The summed E-state index contributed by atoms with van der Waals surface area (Å²) in [5.41, 5.74) is 7.28. The van der Waals surface area contributed by atoms with Gasteiger partial charge in [-0.3, -0.25) is 0 Å². The van der Waals surface area contributed by atoms with E-state index in [1.54, 1.807) is 0 Å². The minimum atomic E-state index is 0.102. The molecule has 0 unspecified atom stereocenters. The Kier molecular flexibility index (Phi) is 6.09. The van der Waals surface area contributed by atoms with Crippen molar-refractivity contribution in [1.82, 2.24) is 0 Å². The topological polar surface area (TPSA) is 38.7 Å². The normalized spacial score (nSPS) is 11.5. The van der Waals surface area contributed by atoms with Crippen LogP contribution in [0.4, 0.5) is 0 Å². The van der Waals surface area contributed by atoms with Gasteiger partial charge in [0.25, 0.3) is 0 Å². The summed E-state index contributed by atoms with van der Waals surface area (Å²) < 4.78 is 12.5. The highest BCUT2D eigenvalue weighted by atomic mass is 16.5. The molecular formula is C28H34O3. The molecule has 0 bridgehead atoms. The molecule has 0 fully saturated rings. The summed E-state index contributed by atoms with van der Waals surface area (Å²) in [6, 6.07) is 12.2. The van der Waals surface area contributed by atoms with Gasteiger partial charge in [-0.15, -0.1) is 0 Å². The molecule has 0 aliphatic heterocycles. The smallest absolute Gasteiger partial charge is 0.133 e. The van der Waals surface area contributed by atoms with Crippen LogP contribution < -0.4 is 9.47 Å². The van der Waals surface area contributed by atoms with E-state index in [1.165, 1.54) is 5.56 Å². The molecule has 3 rings (SSSR count). The van der Waals surface area contributed by atoms with Gasteiger partial charge < -0.3 is 14.6 Å². The van der Waals surface area contributed by atoms with E-state index >= 15 is 0 Å². The number of ether oxygens (including phenoxy) is 2. The highest BCUT2D eigenvalue weighted by Gasteiger charge is 2.18. The number of hydrogen-bond acceptors (Lipinski definition) is 3. The van der Waals surface area contributed by atoms with E-state index in [1.807, 2.05) is 52.0 Å². The standard InChI is InChI=1S/C28H34O3/c1-16-12-23(13-17(2)25(16)29)30-27-20(5)14-24(15-21(27)6)31-26-18(3)10-22(11-19(26)4)28(7,8)9/h10-15,29H,1-9H3. The van der Waals surface area contributed by atoms with Crippen molar-refractivity contribution < 1.29 is 14.6 Å². The van der Waals surface area contributed by atoms with Gasteiger partial charge in [0.1, 0.15) is 28.7 Å². The van der Waals surface area contributed by atoms with Crippen LogP contribution in [0.25, 0.3) is 0 Å². The van der Waals surface area contributed by atoms with Gasteiger partial charge in [-0.2, -0.15) is 0 Å². The van der Waals surface area contributed by atoms with E-state index in [4.69, 9.17) is 9.47 Å². The molecule has 0 aliphatic rings. The lowest BCUT2D eigenvalue weighted by atomic mass is 9.85. The van der Waals surface area contributed by atoms with Gasteiger partial charge in [-0.1, -0.05) is 32.9 Å². The summed E-state index contributed by atoms with van der Waals surface area (Å²) in [6.07, 6.45) is 0. The molecule has 3 aromatic rings. The van der Waals surface area contributed by atoms with Crippen molar-refractivity contribution in [3.8, 4) is 28.7 Å². The van der Waals surface area contributed by atoms with Crippen molar-refractivity contribution in [3.05, 3.63) is 75.3 Å². The number of rotatable bonds is 4. The zero-order chi connectivity index (χ0) is 23.1. The fraction of sp³-hybridized carbons (Fsp3) is 0.357. The van der Waals surface area contributed by atoms with E-state index in [2.05, 4.69) is 46.8 Å². The van der Waals surface area contributed by atoms with Crippen molar-refractivity contribution in [3.63, 3.8) is 0 Å². The molecule has 0 saturated carbocycles. The third-order valence-corrected chi connectivity index (χ3v) is 5.66. The largest absolute Gasteiger partial charge is 0.507 e. The Morgan fingerprint density at radius 3 is 1.23 bits per heavy atom. The molecule has 31 heavy (non-hydrogen) atoms. The summed E-state index contributed by atoms with van der Waals surface area (Å²) >= 11 is 0. The van der Waals surface area contributed by atoms with E-state index in [-0.39, 0.29) is 5.41 Å². The van der Waals surface area contributed by atoms with Crippen LogP contribution in [-0.4, -0.2) is 5.11 Å². The molecule has 0 amide bonds. The second kappa shape index (κ2) is 8.30. The molecule has 0 atom stereocenters. The first-order chi connectivity index (χ1) is 14.4. The van der Waals surface area contributed by atoms with Crippen LogP contribution >= 0.6 is 0 Å². The predicted octanol–water partition coefficient (Wildman–Crippen LogP) is 8.12. The SMILES string of the molecule is Cc1cc(Oc2c(C)cc(Oc3c(C)cc(C(C)(C)C)cc3C)cc2C)cc(C)c1O. The van der Waals surface area contributed by atoms with Gasteiger partial charge >= 0.3 is 0 Å². The van der Waals surface area contributed by atoms with Gasteiger partial charge in [-0.25, -0.2) is 0 Å². The first-order valence-corrected chi connectivity index (χ1v) is 10.8.